The van der Waals surface area contributed by atoms with Gasteiger partial charge in [0.25, 0.3) is 0 Å². The van der Waals surface area contributed by atoms with Crippen molar-refractivity contribution in [3.63, 3.8) is 0 Å². The number of carbonyl (C=O) groups is 1. The molecule has 0 aliphatic carbocycles. The van der Waals surface area contributed by atoms with E-state index < -0.39 is 0 Å². The monoisotopic (exact) mass is 325 g/mol. The van der Waals surface area contributed by atoms with Gasteiger partial charge in [-0.3, -0.25) is 15.2 Å². The molecule has 0 fully saturated rings. The summed E-state index contributed by atoms with van der Waals surface area (Å²) in [5, 5.41) is 7.39. The molecule has 2 aromatic rings. The third-order valence-corrected chi connectivity index (χ3v) is 3.65. The van der Waals surface area contributed by atoms with E-state index in [0.717, 1.165) is 16.9 Å². The second kappa shape index (κ2) is 6.57. The van der Waals surface area contributed by atoms with Crippen LogP contribution < -0.4 is 10.1 Å². The zero-order chi connectivity index (χ0) is 17.1. The van der Waals surface area contributed by atoms with Crippen LogP contribution in [-0.2, 0) is 0 Å². The molecule has 2 amide bonds. The number of ether oxygens (including phenoxy) is 1. The number of amides is 2. The topological polar surface area (TPSA) is 71.8 Å². The van der Waals surface area contributed by atoms with Crippen LogP contribution >= 0.6 is 0 Å². The van der Waals surface area contributed by atoms with Crippen LogP contribution in [0.25, 0.3) is 5.69 Å². The number of aryl methyl sites for hydroxylation is 2. The number of methoxy groups -OCH3 is 1. The van der Waals surface area contributed by atoms with Gasteiger partial charge in [0.05, 0.1) is 12.8 Å². The Kier molecular flexibility index (Phi) is 4.33. The van der Waals surface area contributed by atoms with Crippen LogP contribution in [0.2, 0.25) is 0 Å². The first-order valence-corrected chi connectivity index (χ1v) is 7.55. The van der Waals surface area contributed by atoms with E-state index in [1.54, 1.807) is 30.3 Å². The van der Waals surface area contributed by atoms with E-state index >= 15 is 0 Å². The summed E-state index contributed by atoms with van der Waals surface area (Å²) < 4.78 is 7.14. The van der Waals surface area contributed by atoms with Gasteiger partial charge in [-0.25, -0.2) is 9.48 Å². The minimum Gasteiger partial charge on any atom is -0.494 e. The average Bonchev–Trinajstić information content (AvgIpc) is 2.95. The second-order valence-corrected chi connectivity index (χ2v) is 5.42. The van der Waals surface area contributed by atoms with E-state index in [9.17, 15) is 4.79 Å². The summed E-state index contributed by atoms with van der Waals surface area (Å²) in [5.41, 5.74) is 2.59. The number of hydrogen-bond acceptors (Lipinski definition) is 4. The van der Waals surface area contributed by atoms with Crippen molar-refractivity contribution in [3.05, 3.63) is 47.8 Å². The fourth-order valence-corrected chi connectivity index (χ4v) is 2.53. The van der Waals surface area contributed by atoms with E-state index in [0.29, 0.717) is 18.2 Å². The maximum absolute atomic E-state index is 12.4. The van der Waals surface area contributed by atoms with Gasteiger partial charge in [-0.15, -0.1) is 0 Å². The summed E-state index contributed by atoms with van der Waals surface area (Å²) in [5.74, 6) is 1.27. The maximum Gasteiger partial charge on any atom is 0.328 e. The van der Waals surface area contributed by atoms with Crippen molar-refractivity contribution < 1.29 is 9.53 Å². The van der Waals surface area contributed by atoms with Crippen molar-refractivity contribution in [1.82, 2.24) is 14.7 Å². The predicted molar refractivity (Wildman–Crippen MR) is 92.9 cm³/mol. The Morgan fingerprint density at radius 3 is 2.88 bits per heavy atom. The number of hydrogen-bond donors (Lipinski definition) is 1. The molecule has 0 saturated carbocycles. The van der Waals surface area contributed by atoms with Crippen molar-refractivity contribution in [2.24, 2.45) is 4.99 Å². The Balaban J connectivity index is 1.96. The third kappa shape index (κ3) is 3.01. The van der Waals surface area contributed by atoms with E-state index in [4.69, 9.17) is 4.74 Å². The Morgan fingerprint density at radius 2 is 2.17 bits per heavy atom. The standard InChI is InChI=1S/C17H19N5O2/c1-12-6-4-7-14(24-3)16(12)22-15(10-13(2)20-22)19-17(23)21-9-5-8-18-11-21/h4-10H,11H2,1-3H3,(H,19,23). The van der Waals surface area contributed by atoms with Gasteiger partial charge in [0.15, 0.2) is 0 Å². The number of anilines is 1. The molecule has 0 bridgehead atoms. The lowest BCUT2D eigenvalue weighted by molar-refractivity contribution is 0.229. The molecule has 1 N–H and O–H groups in total. The van der Waals surface area contributed by atoms with Crippen LogP contribution in [0.1, 0.15) is 11.3 Å². The molecule has 0 saturated heterocycles. The highest BCUT2D eigenvalue weighted by molar-refractivity contribution is 5.90. The first-order chi connectivity index (χ1) is 11.6. The van der Waals surface area contributed by atoms with Crippen LogP contribution in [0.3, 0.4) is 0 Å². The molecule has 124 valence electrons. The largest absolute Gasteiger partial charge is 0.494 e. The molecule has 2 heterocycles. The normalized spacial score (nSPS) is 13.2. The van der Waals surface area contributed by atoms with E-state index in [2.05, 4.69) is 15.4 Å². The van der Waals surface area contributed by atoms with Crippen molar-refractivity contribution in [1.29, 1.82) is 0 Å². The molecule has 1 aromatic carbocycles. The first kappa shape index (κ1) is 15.8. The van der Waals surface area contributed by atoms with Crippen molar-refractivity contribution in [2.45, 2.75) is 13.8 Å². The van der Waals surface area contributed by atoms with Gasteiger partial charge < -0.3 is 4.74 Å². The van der Waals surface area contributed by atoms with Gasteiger partial charge in [-0.05, 0) is 31.6 Å². The van der Waals surface area contributed by atoms with Crippen molar-refractivity contribution in [2.75, 3.05) is 19.1 Å². The van der Waals surface area contributed by atoms with Crippen molar-refractivity contribution in [3.8, 4) is 11.4 Å². The van der Waals surface area contributed by atoms with E-state index in [-0.39, 0.29) is 6.03 Å². The lowest BCUT2D eigenvalue weighted by Crippen LogP contribution is -2.32. The average molecular weight is 325 g/mol. The molecule has 3 rings (SSSR count). The van der Waals surface area contributed by atoms with Crippen LogP contribution in [0.4, 0.5) is 10.6 Å². The van der Waals surface area contributed by atoms with E-state index in [1.165, 1.54) is 4.90 Å². The number of aliphatic imine (C=N–C) groups is 1. The lowest BCUT2D eigenvalue weighted by Gasteiger charge is -2.19. The van der Waals surface area contributed by atoms with Gasteiger partial charge in [-0.1, -0.05) is 12.1 Å². The zero-order valence-corrected chi connectivity index (χ0v) is 13.9. The molecule has 0 unspecified atom stereocenters. The number of aromatic nitrogens is 2. The number of nitrogens with one attached hydrogen (secondary N) is 1. The Labute approximate surface area is 140 Å². The van der Waals surface area contributed by atoms with Crippen LogP contribution in [0.15, 0.2) is 41.5 Å². The van der Waals surface area contributed by atoms with Crippen LogP contribution in [0, 0.1) is 13.8 Å². The van der Waals surface area contributed by atoms with E-state index in [1.807, 2.05) is 38.1 Å². The second-order valence-electron chi connectivity index (χ2n) is 5.42. The SMILES string of the molecule is COc1cccc(C)c1-n1nc(C)cc1NC(=O)N1C=CC=NC1. The Morgan fingerprint density at radius 1 is 1.33 bits per heavy atom. The number of allylic oxidation sites excluding steroid dienone is 1. The van der Waals surface area contributed by atoms with Gasteiger partial charge in [0.1, 0.15) is 23.9 Å². The molecule has 0 atom stereocenters. The number of rotatable bonds is 3. The quantitative estimate of drug-likeness (QED) is 0.943. The summed E-state index contributed by atoms with van der Waals surface area (Å²) in [4.78, 5) is 18.0. The van der Waals surface area contributed by atoms with Gasteiger partial charge in [-0.2, -0.15) is 5.10 Å². The predicted octanol–water partition coefficient (Wildman–Crippen LogP) is 2.89. The number of para-hydroxylation sites is 1. The molecule has 0 spiro atoms. The highest BCUT2D eigenvalue weighted by Gasteiger charge is 2.18. The minimum atomic E-state index is -0.267. The molecule has 1 aliphatic heterocycles. The summed E-state index contributed by atoms with van der Waals surface area (Å²) in [6.07, 6.45) is 5.07. The highest BCUT2D eigenvalue weighted by Crippen LogP contribution is 2.29. The van der Waals surface area contributed by atoms with Gasteiger partial charge >= 0.3 is 6.03 Å². The Bertz CT molecular complexity index is 822. The van der Waals surface area contributed by atoms with Crippen LogP contribution in [-0.4, -0.2) is 40.7 Å². The maximum atomic E-state index is 12.4. The fourth-order valence-electron chi connectivity index (χ4n) is 2.53. The van der Waals surface area contributed by atoms with Gasteiger partial charge in [0.2, 0.25) is 0 Å². The molecule has 1 aliphatic rings. The number of nitrogens with zero attached hydrogens (tertiary/aromatic N) is 4. The molecule has 7 nitrogen and oxygen atoms in total. The smallest absolute Gasteiger partial charge is 0.328 e. The molecular weight excluding hydrogens is 306 g/mol. The number of urea groups is 1. The molecule has 24 heavy (non-hydrogen) atoms. The fraction of sp³-hybridized carbons (Fsp3) is 0.235. The third-order valence-electron chi connectivity index (χ3n) is 3.65. The molecule has 1 aromatic heterocycles. The zero-order valence-electron chi connectivity index (χ0n) is 13.9. The summed E-state index contributed by atoms with van der Waals surface area (Å²) in [7, 11) is 1.61. The summed E-state index contributed by atoms with van der Waals surface area (Å²) >= 11 is 0. The molecule has 0 radical (unpaired) electrons. The van der Waals surface area contributed by atoms with Crippen LogP contribution in [0.5, 0.6) is 5.75 Å². The number of carbonyl (C=O) groups excluding carboxylic acids is 1. The van der Waals surface area contributed by atoms with Gasteiger partial charge in [0, 0.05) is 18.5 Å². The molecular formula is C17H19N5O2. The summed E-state index contributed by atoms with van der Waals surface area (Å²) in [6, 6.07) is 7.32. The minimum absolute atomic E-state index is 0.267. The first-order valence-electron chi connectivity index (χ1n) is 7.55. The lowest BCUT2D eigenvalue weighted by atomic mass is 10.2. The Hall–Kier alpha value is -3.09. The molecule has 7 heteroatoms. The van der Waals surface area contributed by atoms with Crippen molar-refractivity contribution >= 4 is 18.1 Å². The summed E-state index contributed by atoms with van der Waals surface area (Å²) in [6.45, 7) is 4.15. The number of benzene rings is 1. The highest BCUT2D eigenvalue weighted by atomic mass is 16.5.